The van der Waals surface area contributed by atoms with Crippen LogP contribution in [0.25, 0.3) is 0 Å². The van der Waals surface area contributed by atoms with E-state index in [-0.39, 0.29) is 5.56 Å². The van der Waals surface area contributed by atoms with Crippen molar-refractivity contribution >= 4 is 11.8 Å². The van der Waals surface area contributed by atoms with Crippen LogP contribution in [0.15, 0.2) is 30.7 Å². The minimum Gasteiger partial charge on any atom is -0.478 e. The van der Waals surface area contributed by atoms with Crippen molar-refractivity contribution in [3.63, 3.8) is 0 Å². The molecule has 0 amide bonds. The third-order valence-corrected chi connectivity index (χ3v) is 5.99. The lowest BCUT2D eigenvalue weighted by Gasteiger charge is -2.48. The van der Waals surface area contributed by atoms with Gasteiger partial charge in [0.05, 0.1) is 5.56 Å². The van der Waals surface area contributed by atoms with E-state index in [1.165, 1.54) is 50.6 Å². The molecule has 136 valence electrons. The molecule has 1 saturated carbocycles. The first kappa shape index (κ1) is 16.9. The lowest BCUT2D eigenvalue weighted by atomic mass is 9.63. The molecule has 1 N–H and O–H groups in total. The summed E-state index contributed by atoms with van der Waals surface area (Å²) in [6.45, 7) is 1.94. The second-order valence-electron chi connectivity index (χ2n) is 7.50. The Morgan fingerprint density at radius 1 is 1.19 bits per heavy atom. The van der Waals surface area contributed by atoms with Gasteiger partial charge in [0.1, 0.15) is 18.0 Å². The van der Waals surface area contributed by atoms with Crippen molar-refractivity contribution in [3.05, 3.63) is 53.2 Å². The highest BCUT2D eigenvalue weighted by atomic mass is 19.1. The maximum atomic E-state index is 13.4. The number of hydrogen-bond donors (Lipinski definition) is 1. The van der Waals surface area contributed by atoms with Crippen LogP contribution in [-0.2, 0) is 6.42 Å². The van der Waals surface area contributed by atoms with Crippen molar-refractivity contribution in [2.75, 3.05) is 18.0 Å². The first-order valence-corrected chi connectivity index (χ1v) is 9.12. The summed E-state index contributed by atoms with van der Waals surface area (Å²) in [4.78, 5) is 22.3. The Bertz CT molecular complexity index is 826. The Morgan fingerprint density at radius 2 is 1.96 bits per heavy atom. The molecule has 2 aliphatic rings. The highest BCUT2D eigenvalue weighted by Gasteiger charge is 2.40. The Balaban J connectivity index is 1.58. The Kier molecular flexibility index (Phi) is 4.34. The van der Waals surface area contributed by atoms with Crippen LogP contribution in [-0.4, -0.2) is 34.1 Å². The van der Waals surface area contributed by atoms with Gasteiger partial charge in [-0.1, -0.05) is 12.5 Å². The quantitative estimate of drug-likeness (QED) is 0.906. The van der Waals surface area contributed by atoms with Crippen LogP contribution in [0, 0.1) is 11.2 Å². The number of aromatic nitrogens is 2. The molecule has 5 nitrogen and oxygen atoms in total. The van der Waals surface area contributed by atoms with Crippen LogP contribution < -0.4 is 4.90 Å². The zero-order valence-electron chi connectivity index (χ0n) is 14.6. The van der Waals surface area contributed by atoms with E-state index in [9.17, 15) is 14.3 Å². The average molecular weight is 355 g/mol. The molecule has 1 aliphatic carbocycles. The number of piperidine rings is 1. The normalized spacial score (nSPS) is 18.6. The lowest BCUT2D eigenvalue weighted by molar-refractivity contribution is 0.0695. The van der Waals surface area contributed by atoms with Crippen LogP contribution >= 0.6 is 0 Å². The van der Waals surface area contributed by atoms with E-state index < -0.39 is 11.8 Å². The number of halogens is 1. The van der Waals surface area contributed by atoms with E-state index in [2.05, 4.69) is 14.9 Å². The van der Waals surface area contributed by atoms with Gasteiger partial charge >= 0.3 is 5.97 Å². The third-order valence-electron chi connectivity index (χ3n) is 5.99. The molecule has 1 saturated heterocycles. The van der Waals surface area contributed by atoms with Gasteiger partial charge < -0.3 is 10.0 Å². The van der Waals surface area contributed by atoms with E-state index in [4.69, 9.17) is 0 Å². The van der Waals surface area contributed by atoms with Crippen molar-refractivity contribution < 1.29 is 14.3 Å². The van der Waals surface area contributed by atoms with E-state index in [0.717, 1.165) is 30.5 Å². The predicted molar refractivity (Wildman–Crippen MR) is 95.9 cm³/mol. The van der Waals surface area contributed by atoms with Crippen molar-refractivity contribution in [2.24, 2.45) is 5.41 Å². The molecule has 0 bridgehead atoms. The first-order valence-electron chi connectivity index (χ1n) is 9.12. The summed E-state index contributed by atoms with van der Waals surface area (Å²) in [5.74, 6) is -0.796. The molecule has 2 fully saturated rings. The molecule has 0 atom stereocenters. The smallest absolute Gasteiger partial charge is 0.336 e. The standard InChI is InChI=1S/C20H22FN3O2/c21-16-3-2-14(17(11-16)19(25)26)10-15-12-22-13-23-18(15)24-8-6-20(7-9-24)4-1-5-20/h2-3,11-13H,1,4-10H2,(H,25,26). The molecule has 0 unspecified atom stereocenters. The van der Waals surface area contributed by atoms with E-state index in [0.29, 0.717) is 17.4 Å². The number of rotatable bonds is 4. The number of carboxylic acids is 1. The highest BCUT2D eigenvalue weighted by molar-refractivity contribution is 5.89. The highest BCUT2D eigenvalue weighted by Crippen LogP contribution is 2.49. The van der Waals surface area contributed by atoms with Gasteiger partial charge in [-0.3, -0.25) is 0 Å². The minimum absolute atomic E-state index is 0.00753. The maximum absolute atomic E-state index is 13.4. The van der Waals surface area contributed by atoms with Gasteiger partial charge in [-0.25, -0.2) is 19.2 Å². The SMILES string of the molecule is O=C(O)c1cc(F)ccc1Cc1cncnc1N1CCC2(CCC2)CC1. The molecule has 0 radical (unpaired) electrons. The summed E-state index contributed by atoms with van der Waals surface area (Å²) in [5.41, 5.74) is 2.00. The molecule has 4 rings (SSSR count). The molecular weight excluding hydrogens is 333 g/mol. The zero-order valence-corrected chi connectivity index (χ0v) is 14.6. The molecule has 1 aromatic carbocycles. The van der Waals surface area contributed by atoms with Crippen LogP contribution in [0.4, 0.5) is 10.2 Å². The number of benzene rings is 1. The minimum atomic E-state index is -1.12. The summed E-state index contributed by atoms with van der Waals surface area (Å²) in [6.07, 6.45) is 10.1. The molecular formula is C20H22FN3O2. The van der Waals surface area contributed by atoms with E-state index in [1.807, 2.05) is 0 Å². The summed E-state index contributed by atoms with van der Waals surface area (Å²) < 4.78 is 13.4. The summed E-state index contributed by atoms with van der Waals surface area (Å²) in [5, 5.41) is 9.37. The number of carbonyl (C=O) groups is 1. The van der Waals surface area contributed by atoms with Crippen molar-refractivity contribution in [1.29, 1.82) is 0 Å². The molecule has 1 aromatic heterocycles. The van der Waals surface area contributed by atoms with Gasteiger partial charge in [0.25, 0.3) is 0 Å². The second kappa shape index (κ2) is 6.67. The van der Waals surface area contributed by atoms with Gasteiger partial charge in [-0.05, 0) is 48.8 Å². The molecule has 1 aliphatic heterocycles. The number of anilines is 1. The van der Waals surface area contributed by atoms with Crippen molar-refractivity contribution in [3.8, 4) is 0 Å². The van der Waals surface area contributed by atoms with E-state index >= 15 is 0 Å². The Hall–Kier alpha value is -2.50. The number of aromatic carboxylic acids is 1. The maximum Gasteiger partial charge on any atom is 0.336 e. The third kappa shape index (κ3) is 3.16. The van der Waals surface area contributed by atoms with Crippen molar-refractivity contribution in [1.82, 2.24) is 9.97 Å². The summed E-state index contributed by atoms with van der Waals surface area (Å²) in [6, 6.07) is 3.91. The summed E-state index contributed by atoms with van der Waals surface area (Å²) >= 11 is 0. The van der Waals surface area contributed by atoms with Gasteiger partial charge in [-0.2, -0.15) is 0 Å². The number of carboxylic acid groups (broad SMARTS) is 1. The van der Waals surface area contributed by atoms with Gasteiger partial charge in [0, 0.05) is 31.3 Å². The van der Waals surface area contributed by atoms with Crippen LogP contribution in [0.1, 0.15) is 53.6 Å². The zero-order chi connectivity index (χ0) is 18.1. The van der Waals surface area contributed by atoms with Gasteiger partial charge in [0.2, 0.25) is 0 Å². The van der Waals surface area contributed by atoms with Crippen LogP contribution in [0.3, 0.4) is 0 Å². The Labute approximate surface area is 151 Å². The first-order chi connectivity index (χ1) is 12.6. The van der Waals surface area contributed by atoms with Gasteiger partial charge in [-0.15, -0.1) is 0 Å². The van der Waals surface area contributed by atoms with Crippen LogP contribution in [0.5, 0.6) is 0 Å². The average Bonchev–Trinajstić information content (AvgIpc) is 2.62. The monoisotopic (exact) mass is 355 g/mol. The fraction of sp³-hybridized carbons (Fsp3) is 0.450. The number of hydrogen-bond acceptors (Lipinski definition) is 4. The molecule has 1 spiro atoms. The number of nitrogens with zero attached hydrogens (tertiary/aromatic N) is 3. The fourth-order valence-corrected chi connectivity index (χ4v) is 4.24. The molecule has 6 heteroatoms. The topological polar surface area (TPSA) is 66.3 Å². The lowest BCUT2D eigenvalue weighted by Crippen LogP contribution is -2.44. The fourth-order valence-electron chi connectivity index (χ4n) is 4.24. The van der Waals surface area contributed by atoms with Crippen molar-refractivity contribution in [2.45, 2.75) is 38.5 Å². The Morgan fingerprint density at radius 3 is 2.62 bits per heavy atom. The second-order valence-corrected chi connectivity index (χ2v) is 7.50. The summed E-state index contributed by atoms with van der Waals surface area (Å²) in [7, 11) is 0. The molecule has 2 aromatic rings. The molecule has 26 heavy (non-hydrogen) atoms. The predicted octanol–water partition coefficient (Wildman–Crippen LogP) is 3.68. The van der Waals surface area contributed by atoms with Gasteiger partial charge in [0.15, 0.2) is 0 Å². The molecule has 2 heterocycles. The largest absolute Gasteiger partial charge is 0.478 e. The van der Waals surface area contributed by atoms with E-state index in [1.54, 1.807) is 6.20 Å². The van der Waals surface area contributed by atoms with Crippen LogP contribution in [0.2, 0.25) is 0 Å².